The first-order valence-corrected chi connectivity index (χ1v) is 10.3. The van der Waals surface area contributed by atoms with E-state index in [1.54, 1.807) is 0 Å². The van der Waals surface area contributed by atoms with Gasteiger partial charge in [0.25, 0.3) is 0 Å². The molecule has 0 saturated carbocycles. The standard InChI is InChI=1S/C24H26N2O4/c1-15(2)13-24(23(29)30)19-18(20(25-24)17-11-7-4-8-12-17)21(27)26(22(19)28)14-16-9-5-3-6-10-16/h3-12,15,18-20,25H,13-14H2,1-2H3,(H,29,30). The van der Waals surface area contributed by atoms with Crippen LogP contribution < -0.4 is 5.32 Å². The third-order valence-corrected chi connectivity index (χ3v) is 6.20. The Morgan fingerprint density at radius 3 is 2.20 bits per heavy atom. The summed E-state index contributed by atoms with van der Waals surface area (Å²) in [5.41, 5.74) is 0.188. The third kappa shape index (κ3) is 3.21. The van der Waals surface area contributed by atoms with Gasteiger partial charge < -0.3 is 5.11 Å². The molecule has 2 heterocycles. The number of carbonyl (C=O) groups is 3. The van der Waals surface area contributed by atoms with Gasteiger partial charge in [-0.05, 0) is 23.5 Å². The molecule has 0 spiro atoms. The molecule has 2 amide bonds. The monoisotopic (exact) mass is 406 g/mol. The molecule has 2 aliphatic heterocycles. The largest absolute Gasteiger partial charge is 0.480 e. The van der Waals surface area contributed by atoms with Crippen LogP contribution in [0.15, 0.2) is 60.7 Å². The summed E-state index contributed by atoms with van der Waals surface area (Å²) in [4.78, 5) is 40.7. The number of amides is 2. The van der Waals surface area contributed by atoms with Crippen LogP contribution in [0.5, 0.6) is 0 Å². The van der Waals surface area contributed by atoms with Gasteiger partial charge in [0.15, 0.2) is 0 Å². The zero-order valence-corrected chi connectivity index (χ0v) is 17.1. The Morgan fingerprint density at radius 2 is 1.63 bits per heavy atom. The fourth-order valence-electron chi connectivity index (χ4n) is 5.05. The van der Waals surface area contributed by atoms with Crippen LogP contribution in [-0.4, -0.2) is 33.3 Å². The zero-order chi connectivity index (χ0) is 21.5. The number of carboxylic acid groups (broad SMARTS) is 1. The van der Waals surface area contributed by atoms with E-state index in [9.17, 15) is 19.5 Å². The molecule has 4 rings (SSSR count). The summed E-state index contributed by atoms with van der Waals surface area (Å²) < 4.78 is 0. The lowest BCUT2D eigenvalue weighted by Gasteiger charge is -2.32. The van der Waals surface area contributed by atoms with Crippen molar-refractivity contribution in [1.29, 1.82) is 0 Å². The average molecular weight is 406 g/mol. The van der Waals surface area contributed by atoms with E-state index in [0.29, 0.717) is 0 Å². The van der Waals surface area contributed by atoms with Gasteiger partial charge in [0.2, 0.25) is 11.8 Å². The molecule has 0 bridgehead atoms. The maximum Gasteiger partial charge on any atom is 0.324 e. The van der Waals surface area contributed by atoms with Crippen LogP contribution in [0.4, 0.5) is 0 Å². The van der Waals surface area contributed by atoms with Crippen molar-refractivity contribution in [2.75, 3.05) is 0 Å². The number of fused-ring (bicyclic) bond motifs is 1. The molecule has 2 aromatic carbocycles. The van der Waals surface area contributed by atoms with Crippen LogP contribution in [-0.2, 0) is 20.9 Å². The van der Waals surface area contributed by atoms with Crippen molar-refractivity contribution in [3.05, 3.63) is 71.8 Å². The Bertz CT molecular complexity index is 960. The Hall–Kier alpha value is -2.99. The highest BCUT2D eigenvalue weighted by Crippen LogP contribution is 2.51. The Kier molecular flexibility index (Phi) is 5.20. The van der Waals surface area contributed by atoms with Crippen molar-refractivity contribution in [3.8, 4) is 0 Å². The maximum absolute atomic E-state index is 13.5. The van der Waals surface area contributed by atoms with E-state index >= 15 is 0 Å². The SMILES string of the molecule is CC(C)CC1(C(=O)O)NC(c2ccccc2)C2C(=O)N(Cc3ccccc3)C(=O)C21. The van der Waals surface area contributed by atoms with Gasteiger partial charge >= 0.3 is 5.97 Å². The van der Waals surface area contributed by atoms with Crippen molar-refractivity contribution in [3.63, 3.8) is 0 Å². The predicted octanol–water partition coefficient (Wildman–Crippen LogP) is 3.00. The first-order valence-electron chi connectivity index (χ1n) is 10.3. The van der Waals surface area contributed by atoms with E-state index in [2.05, 4.69) is 5.32 Å². The number of likely N-dealkylation sites (tertiary alicyclic amines) is 1. The van der Waals surface area contributed by atoms with Gasteiger partial charge in [-0.2, -0.15) is 0 Å². The minimum Gasteiger partial charge on any atom is -0.480 e. The highest BCUT2D eigenvalue weighted by Gasteiger charge is 2.68. The zero-order valence-electron chi connectivity index (χ0n) is 17.1. The Labute approximate surface area is 175 Å². The Morgan fingerprint density at radius 1 is 1.03 bits per heavy atom. The first kappa shape index (κ1) is 20.3. The molecule has 2 aliphatic rings. The van der Waals surface area contributed by atoms with Gasteiger partial charge in [-0.25, -0.2) is 0 Å². The lowest BCUT2D eigenvalue weighted by Crippen LogP contribution is -2.56. The van der Waals surface area contributed by atoms with Crippen molar-refractivity contribution in [1.82, 2.24) is 10.2 Å². The molecule has 4 unspecified atom stereocenters. The second-order valence-electron chi connectivity index (χ2n) is 8.66. The Balaban J connectivity index is 1.79. The summed E-state index contributed by atoms with van der Waals surface area (Å²) in [7, 11) is 0. The van der Waals surface area contributed by atoms with E-state index in [4.69, 9.17) is 0 Å². The lowest BCUT2D eigenvalue weighted by molar-refractivity contribution is -0.152. The number of benzene rings is 2. The van der Waals surface area contributed by atoms with Crippen molar-refractivity contribution in [2.45, 2.75) is 38.4 Å². The number of carbonyl (C=O) groups excluding carboxylic acids is 2. The number of aliphatic carboxylic acids is 1. The van der Waals surface area contributed by atoms with Gasteiger partial charge in [-0.1, -0.05) is 74.5 Å². The summed E-state index contributed by atoms with van der Waals surface area (Å²) in [5.74, 6) is -3.41. The van der Waals surface area contributed by atoms with Crippen LogP contribution in [0.25, 0.3) is 0 Å². The second-order valence-corrected chi connectivity index (χ2v) is 8.66. The molecule has 2 aromatic rings. The number of carboxylic acids is 1. The predicted molar refractivity (Wildman–Crippen MR) is 111 cm³/mol. The van der Waals surface area contributed by atoms with Gasteiger partial charge in [0.1, 0.15) is 5.54 Å². The van der Waals surface area contributed by atoms with Crippen LogP contribution in [0, 0.1) is 17.8 Å². The van der Waals surface area contributed by atoms with E-state index < -0.39 is 35.3 Å². The molecule has 0 radical (unpaired) electrons. The molecule has 2 fully saturated rings. The number of hydrogen-bond acceptors (Lipinski definition) is 4. The van der Waals surface area contributed by atoms with Gasteiger partial charge in [0.05, 0.1) is 18.4 Å². The maximum atomic E-state index is 13.5. The first-order chi connectivity index (χ1) is 14.3. The molecular weight excluding hydrogens is 380 g/mol. The molecular formula is C24H26N2O4. The fraction of sp³-hybridized carbons (Fsp3) is 0.375. The van der Waals surface area contributed by atoms with Gasteiger partial charge in [-0.15, -0.1) is 0 Å². The summed E-state index contributed by atoms with van der Waals surface area (Å²) in [6.45, 7) is 4.02. The number of imide groups is 1. The number of nitrogens with one attached hydrogen (secondary N) is 1. The summed E-state index contributed by atoms with van der Waals surface area (Å²) in [6.07, 6.45) is 0.269. The number of hydrogen-bond donors (Lipinski definition) is 2. The van der Waals surface area contributed by atoms with Crippen molar-refractivity contribution < 1.29 is 19.5 Å². The summed E-state index contributed by atoms with van der Waals surface area (Å²) >= 11 is 0. The molecule has 2 saturated heterocycles. The third-order valence-electron chi connectivity index (χ3n) is 6.20. The normalized spacial score (nSPS) is 28.2. The van der Waals surface area contributed by atoms with Crippen molar-refractivity contribution >= 4 is 17.8 Å². The molecule has 30 heavy (non-hydrogen) atoms. The van der Waals surface area contributed by atoms with Crippen LogP contribution in [0.1, 0.15) is 37.4 Å². The van der Waals surface area contributed by atoms with Crippen LogP contribution >= 0.6 is 0 Å². The second kappa shape index (κ2) is 7.69. The van der Waals surface area contributed by atoms with Crippen LogP contribution in [0.2, 0.25) is 0 Å². The van der Waals surface area contributed by atoms with E-state index in [1.807, 2.05) is 74.5 Å². The quantitative estimate of drug-likeness (QED) is 0.720. The molecule has 4 atom stereocenters. The smallest absolute Gasteiger partial charge is 0.324 e. The van der Waals surface area contributed by atoms with E-state index in [0.717, 1.165) is 11.1 Å². The van der Waals surface area contributed by atoms with Crippen LogP contribution in [0.3, 0.4) is 0 Å². The molecule has 6 heteroatoms. The highest BCUT2D eigenvalue weighted by atomic mass is 16.4. The molecule has 2 N–H and O–H groups in total. The van der Waals surface area contributed by atoms with Gasteiger partial charge in [-0.3, -0.25) is 24.6 Å². The molecule has 0 aromatic heterocycles. The van der Waals surface area contributed by atoms with E-state index in [1.165, 1.54) is 4.90 Å². The summed E-state index contributed by atoms with van der Waals surface area (Å²) in [6, 6.07) is 18.1. The highest BCUT2D eigenvalue weighted by molar-refractivity contribution is 6.09. The fourth-order valence-corrected chi connectivity index (χ4v) is 5.05. The molecule has 0 aliphatic carbocycles. The van der Waals surface area contributed by atoms with Crippen molar-refractivity contribution in [2.24, 2.45) is 17.8 Å². The number of nitrogens with zero attached hydrogens (tertiary/aromatic N) is 1. The minimum absolute atomic E-state index is 0.0369. The molecule has 6 nitrogen and oxygen atoms in total. The lowest BCUT2D eigenvalue weighted by atomic mass is 9.75. The molecule has 156 valence electrons. The van der Waals surface area contributed by atoms with Gasteiger partial charge in [0, 0.05) is 6.04 Å². The topological polar surface area (TPSA) is 86.7 Å². The average Bonchev–Trinajstić information content (AvgIpc) is 3.19. The van der Waals surface area contributed by atoms with E-state index in [-0.39, 0.29) is 24.8 Å². The minimum atomic E-state index is -1.47. The number of rotatable bonds is 6. The summed E-state index contributed by atoms with van der Waals surface area (Å²) in [5, 5.41) is 13.5.